The van der Waals surface area contributed by atoms with Gasteiger partial charge in [-0.25, -0.2) is 8.42 Å². The van der Waals surface area contributed by atoms with Gasteiger partial charge < -0.3 is 9.80 Å². The van der Waals surface area contributed by atoms with Crippen molar-refractivity contribution < 1.29 is 13.3 Å². The molecular formula is C30H43N5O4S. The van der Waals surface area contributed by atoms with Gasteiger partial charge in [0.05, 0.1) is 16.3 Å². The predicted molar refractivity (Wildman–Crippen MR) is 163 cm³/mol. The van der Waals surface area contributed by atoms with Gasteiger partial charge in [-0.3, -0.25) is 15.1 Å². The summed E-state index contributed by atoms with van der Waals surface area (Å²) in [6.07, 6.45) is 7.01. The largest absolute Gasteiger partial charge is 0.371 e. The maximum Gasteiger partial charge on any atom is 0.270 e. The highest BCUT2D eigenvalue weighted by Crippen LogP contribution is 2.35. The summed E-state index contributed by atoms with van der Waals surface area (Å²) in [6, 6.07) is 10.3. The van der Waals surface area contributed by atoms with Crippen LogP contribution in [0.15, 0.2) is 46.3 Å². The molecule has 2 aromatic carbocycles. The molecule has 0 saturated carbocycles. The summed E-state index contributed by atoms with van der Waals surface area (Å²) >= 11 is 0. The number of non-ortho nitro benzene ring substituents is 1. The van der Waals surface area contributed by atoms with Gasteiger partial charge in [0.1, 0.15) is 4.90 Å². The van der Waals surface area contributed by atoms with Crippen LogP contribution in [0.5, 0.6) is 0 Å². The third kappa shape index (κ3) is 7.20. The van der Waals surface area contributed by atoms with Crippen LogP contribution in [0.25, 0.3) is 0 Å². The molecule has 0 aliphatic carbocycles. The van der Waals surface area contributed by atoms with Crippen molar-refractivity contribution in [3.8, 4) is 0 Å². The molecule has 0 spiro atoms. The molecule has 2 aliphatic heterocycles. The summed E-state index contributed by atoms with van der Waals surface area (Å²) in [5, 5.41) is 11.5. The van der Waals surface area contributed by atoms with Gasteiger partial charge >= 0.3 is 0 Å². The number of nitro groups is 1. The summed E-state index contributed by atoms with van der Waals surface area (Å²) in [4.78, 5) is 20.4. The molecule has 0 amide bonds. The molecule has 40 heavy (non-hydrogen) atoms. The van der Waals surface area contributed by atoms with Gasteiger partial charge in [-0.2, -0.15) is 4.31 Å². The maximum absolute atomic E-state index is 14.2. The number of hydrogen-bond acceptors (Lipinski definition) is 7. The lowest BCUT2D eigenvalue weighted by Crippen LogP contribution is -2.38. The molecule has 0 radical (unpaired) electrons. The SMILES string of the molecule is CC(C)CN(CC(C)C)S(=O)(=O)c1cc(N=Cc2cc([N+](=O)[O-])ccc2N2CCCC2)ccc1N1CCCCC1. The third-order valence-electron chi connectivity index (χ3n) is 7.42. The van der Waals surface area contributed by atoms with E-state index in [0.29, 0.717) is 24.3 Å². The second-order valence-corrected chi connectivity index (χ2v) is 13.7. The van der Waals surface area contributed by atoms with Crippen LogP contribution in [0.1, 0.15) is 65.4 Å². The fraction of sp³-hybridized carbons (Fsp3) is 0.567. The third-order valence-corrected chi connectivity index (χ3v) is 9.28. The van der Waals surface area contributed by atoms with Crippen LogP contribution < -0.4 is 9.80 Å². The summed E-state index contributed by atoms with van der Waals surface area (Å²) in [5.74, 6) is 0.372. The number of aliphatic imine (C=N–C) groups is 1. The van der Waals surface area contributed by atoms with Crippen LogP contribution in [0.4, 0.5) is 22.7 Å². The van der Waals surface area contributed by atoms with Gasteiger partial charge in [0.25, 0.3) is 5.69 Å². The fourth-order valence-corrected chi connectivity index (χ4v) is 7.56. The molecule has 0 bridgehead atoms. The van der Waals surface area contributed by atoms with Crippen LogP contribution in [0.2, 0.25) is 0 Å². The standard InChI is InChI=1S/C30H43N5O4S/c1-23(2)21-34(22-24(3)4)40(38,39)30-19-26(10-12-29(30)33-14-6-5-7-15-33)31-20-25-18-27(35(36)37)11-13-28(25)32-16-8-9-17-32/h10-13,18-20,23-24H,5-9,14-17,21-22H2,1-4H3. The highest BCUT2D eigenvalue weighted by molar-refractivity contribution is 7.89. The summed E-state index contributed by atoms with van der Waals surface area (Å²) in [6.45, 7) is 12.5. The summed E-state index contributed by atoms with van der Waals surface area (Å²) in [5.41, 5.74) is 2.80. The zero-order chi connectivity index (χ0) is 28.9. The number of benzene rings is 2. The molecule has 10 heteroatoms. The minimum Gasteiger partial charge on any atom is -0.371 e. The number of piperidine rings is 1. The Balaban J connectivity index is 1.77. The van der Waals surface area contributed by atoms with Gasteiger partial charge in [0.2, 0.25) is 10.0 Å². The highest BCUT2D eigenvalue weighted by Gasteiger charge is 2.30. The number of nitrogens with zero attached hydrogens (tertiary/aromatic N) is 5. The minimum atomic E-state index is -3.80. The van der Waals surface area contributed by atoms with Gasteiger partial charge in [0, 0.05) is 68.9 Å². The molecule has 0 atom stereocenters. The van der Waals surface area contributed by atoms with Crippen molar-refractivity contribution in [1.29, 1.82) is 0 Å². The second-order valence-electron chi connectivity index (χ2n) is 11.8. The van der Waals surface area contributed by atoms with E-state index in [9.17, 15) is 18.5 Å². The molecule has 0 N–H and O–H groups in total. The van der Waals surface area contributed by atoms with Crippen molar-refractivity contribution in [2.75, 3.05) is 49.1 Å². The van der Waals surface area contributed by atoms with Crippen LogP contribution in [-0.2, 0) is 10.0 Å². The predicted octanol–water partition coefficient (Wildman–Crippen LogP) is 6.24. The number of sulfonamides is 1. The van der Waals surface area contributed by atoms with Crippen molar-refractivity contribution in [3.63, 3.8) is 0 Å². The number of rotatable bonds is 11. The smallest absolute Gasteiger partial charge is 0.270 e. The molecule has 2 fully saturated rings. The van der Waals surface area contributed by atoms with E-state index in [4.69, 9.17) is 0 Å². The first-order valence-electron chi connectivity index (χ1n) is 14.5. The maximum atomic E-state index is 14.2. The van der Waals surface area contributed by atoms with Gasteiger partial charge in [-0.1, -0.05) is 27.7 Å². The van der Waals surface area contributed by atoms with E-state index in [1.165, 1.54) is 6.07 Å². The normalized spacial score (nSPS) is 16.7. The molecular weight excluding hydrogens is 526 g/mol. The number of hydrogen-bond donors (Lipinski definition) is 0. The summed E-state index contributed by atoms with van der Waals surface area (Å²) in [7, 11) is -3.80. The molecule has 4 rings (SSSR count). The van der Waals surface area contributed by atoms with Crippen LogP contribution >= 0.6 is 0 Å². The van der Waals surface area contributed by atoms with Crippen molar-refractivity contribution >= 4 is 39.0 Å². The van der Waals surface area contributed by atoms with Crippen molar-refractivity contribution in [3.05, 3.63) is 52.1 Å². The first-order chi connectivity index (χ1) is 19.1. The average Bonchev–Trinajstić information content (AvgIpc) is 3.46. The van der Waals surface area contributed by atoms with Crippen molar-refractivity contribution in [2.45, 2.75) is 64.7 Å². The monoisotopic (exact) mass is 569 g/mol. The topological polar surface area (TPSA) is 99.4 Å². The van der Waals surface area contributed by atoms with Gasteiger partial charge in [-0.05, 0) is 68.2 Å². The van der Waals surface area contributed by atoms with Crippen LogP contribution in [-0.4, -0.2) is 63.1 Å². The van der Waals surface area contributed by atoms with Gasteiger partial charge in [0.15, 0.2) is 0 Å². The first-order valence-corrected chi connectivity index (χ1v) is 16.0. The molecule has 0 unspecified atom stereocenters. The van der Waals surface area contributed by atoms with Crippen molar-refractivity contribution in [2.24, 2.45) is 16.8 Å². The van der Waals surface area contributed by atoms with E-state index in [1.54, 1.807) is 28.7 Å². The molecule has 2 heterocycles. The first kappa shape index (κ1) is 30.0. The van der Waals surface area contributed by atoms with Crippen molar-refractivity contribution in [1.82, 2.24) is 4.31 Å². The Morgan fingerprint density at radius 3 is 2.00 bits per heavy atom. The van der Waals surface area contributed by atoms with E-state index in [2.05, 4.69) is 14.8 Å². The minimum absolute atomic E-state index is 0.00567. The Morgan fingerprint density at radius 1 is 0.875 bits per heavy atom. The number of nitro benzene ring substituents is 1. The molecule has 2 aliphatic rings. The lowest BCUT2D eigenvalue weighted by atomic mass is 10.1. The van der Waals surface area contributed by atoms with E-state index in [1.807, 2.05) is 39.8 Å². The van der Waals surface area contributed by atoms with Crippen LogP contribution in [0, 0.1) is 22.0 Å². The van der Waals surface area contributed by atoms with E-state index in [0.717, 1.165) is 69.7 Å². The quantitative estimate of drug-likeness (QED) is 0.180. The van der Waals surface area contributed by atoms with E-state index < -0.39 is 14.9 Å². The zero-order valence-electron chi connectivity index (χ0n) is 24.3. The molecule has 218 valence electrons. The average molecular weight is 570 g/mol. The molecule has 2 saturated heterocycles. The van der Waals surface area contributed by atoms with Crippen LogP contribution in [0.3, 0.4) is 0 Å². The Kier molecular flexibility index (Phi) is 9.84. The van der Waals surface area contributed by atoms with E-state index in [-0.39, 0.29) is 22.4 Å². The lowest BCUT2D eigenvalue weighted by molar-refractivity contribution is -0.384. The molecule has 9 nitrogen and oxygen atoms in total. The Hall–Kier alpha value is -2.98. The molecule has 0 aromatic heterocycles. The van der Waals surface area contributed by atoms with E-state index >= 15 is 0 Å². The highest BCUT2D eigenvalue weighted by atomic mass is 32.2. The number of anilines is 2. The Bertz CT molecular complexity index is 1300. The Morgan fingerprint density at radius 2 is 1.43 bits per heavy atom. The summed E-state index contributed by atoms with van der Waals surface area (Å²) < 4.78 is 30.0. The van der Waals surface area contributed by atoms with Gasteiger partial charge in [-0.15, -0.1) is 0 Å². The zero-order valence-corrected chi connectivity index (χ0v) is 25.1. The lowest BCUT2D eigenvalue weighted by Gasteiger charge is -2.32. The Labute approximate surface area is 239 Å². The molecule has 2 aromatic rings. The fourth-order valence-electron chi connectivity index (χ4n) is 5.56. The second kappa shape index (κ2) is 13.1.